The first-order valence-electron chi connectivity index (χ1n) is 4.93. The summed E-state index contributed by atoms with van der Waals surface area (Å²) in [5, 5.41) is 0. The molecule has 3 heteroatoms. The minimum Gasteiger partial charge on any atom is -0.298 e. The third kappa shape index (κ3) is 2.31. The Labute approximate surface area is 92.8 Å². The highest BCUT2D eigenvalue weighted by Crippen LogP contribution is 2.11. The Morgan fingerprint density at radius 3 is 2.62 bits per heavy atom. The van der Waals surface area contributed by atoms with Gasteiger partial charge in [0.2, 0.25) is 0 Å². The van der Waals surface area contributed by atoms with Crippen molar-refractivity contribution in [3.8, 4) is 0 Å². The van der Waals surface area contributed by atoms with Gasteiger partial charge in [-0.05, 0) is 29.8 Å². The van der Waals surface area contributed by atoms with E-state index >= 15 is 0 Å². The van der Waals surface area contributed by atoms with E-state index in [1.807, 2.05) is 0 Å². The molecule has 1 heterocycles. The van der Waals surface area contributed by atoms with Crippen LogP contribution in [-0.2, 0) is 6.42 Å². The van der Waals surface area contributed by atoms with Crippen LogP contribution in [-0.4, -0.2) is 11.3 Å². The van der Waals surface area contributed by atoms with E-state index in [0.717, 1.165) is 11.8 Å². The monoisotopic (exact) mass is 215 g/mol. The summed E-state index contributed by atoms with van der Waals surface area (Å²) < 4.78 is 12.7. The van der Waals surface area contributed by atoms with Crippen LogP contribution < -0.4 is 0 Å². The average molecular weight is 215 g/mol. The maximum Gasteiger partial charge on any atom is 0.151 e. The van der Waals surface area contributed by atoms with Gasteiger partial charge in [-0.25, -0.2) is 4.39 Å². The molecule has 80 valence electrons. The molecular formula is C13H10FNO. The van der Waals surface area contributed by atoms with Gasteiger partial charge in [0.15, 0.2) is 6.29 Å². The lowest BCUT2D eigenvalue weighted by atomic mass is 10.1. The SMILES string of the molecule is O=Cc1cccnc1Cc1ccc(F)cc1. The van der Waals surface area contributed by atoms with Crippen LogP contribution in [0.1, 0.15) is 21.6 Å². The van der Waals surface area contributed by atoms with Crippen LogP contribution in [0.4, 0.5) is 4.39 Å². The van der Waals surface area contributed by atoms with Crippen molar-refractivity contribution in [1.29, 1.82) is 0 Å². The van der Waals surface area contributed by atoms with Gasteiger partial charge < -0.3 is 0 Å². The Balaban J connectivity index is 2.26. The van der Waals surface area contributed by atoms with E-state index in [1.165, 1.54) is 12.1 Å². The molecule has 0 spiro atoms. The van der Waals surface area contributed by atoms with Gasteiger partial charge in [0.05, 0.1) is 5.69 Å². The molecule has 0 bridgehead atoms. The number of hydrogen-bond acceptors (Lipinski definition) is 2. The van der Waals surface area contributed by atoms with E-state index in [4.69, 9.17) is 0 Å². The molecule has 0 amide bonds. The lowest BCUT2D eigenvalue weighted by molar-refractivity contribution is 0.112. The number of aldehydes is 1. The molecule has 2 nitrogen and oxygen atoms in total. The quantitative estimate of drug-likeness (QED) is 0.737. The van der Waals surface area contributed by atoms with Crippen molar-refractivity contribution >= 4 is 6.29 Å². The van der Waals surface area contributed by atoms with Gasteiger partial charge in [-0.2, -0.15) is 0 Å². The van der Waals surface area contributed by atoms with Crippen molar-refractivity contribution in [3.63, 3.8) is 0 Å². The molecule has 0 atom stereocenters. The summed E-state index contributed by atoms with van der Waals surface area (Å²) >= 11 is 0. The first-order valence-corrected chi connectivity index (χ1v) is 4.93. The molecule has 0 aliphatic heterocycles. The van der Waals surface area contributed by atoms with E-state index in [9.17, 15) is 9.18 Å². The number of carbonyl (C=O) groups excluding carboxylic acids is 1. The molecule has 0 saturated carbocycles. The Morgan fingerprint density at radius 1 is 1.19 bits per heavy atom. The van der Waals surface area contributed by atoms with Gasteiger partial charge >= 0.3 is 0 Å². The van der Waals surface area contributed by atoms with Crippen LogP contribution >= 0.6 is 0 Å². The standard InChI is InChI=1S/C13H10FNO/c14-12-5-3-10(4-6-12)8-13-11(9-16)2-1-7-15-13/h1-7,9H,8H2. The first kappa shape index (κ1) is 10.5. The van der Waals surface area contributed by atoms with Crippen molar-refractivity contribution in [2.75, 3.05) is 0 Å². The minimum atomic E-state index is -0.264. The predicted octanol–water partition coefficient (Wildman–Crippen LogP) is 2.62. The number of pyridine rings is 1. The zero-order valence-corrected chi connectivity index (χ0v) is 8.56. The topological polar surface area (TPSA) is 30.0 Å². The minimum absolute atomic E-state index is 0.264. The molecule has 0 N–H and O–H groups in total. The van der Waals surface area contributed by atoms with E-state index in [0.29, 0.717) is 17.7 Å². The molecule has 0 saturated heterocycles. The number of halogens is 1. The van der Waals surface area contributed by atoms with Crippen molar-refractivity contribution < 1.29 is 9.18 Å². The van der Waals surface area contributed by atoms with E-state index in [2.05, 4.69) is 4.98 Å². The first-order chi connectivity index (χ1) is 7.79. The smallest absolute Gasteiger partial charge is 0.151 e. The van der Waals surface area contributed by atoms with Gasteiger partial charge in [-0.15, -0.1) is 0 Å². The van der Waals surface area contributed by atoms with Crippen molar-refractivity contribution in [1.82, 2.24) is 4.98 Å². The summed E-state index contributed by atoms with van der Waals surface area (Å²) in [4.78, 5) is 14.9. The number of aromatic nitrogens is 1. The van der Waals surface area contributed by atoms with E-state index in [1.54, 1.807) is 30.5 Å². The highest BCUT2D eigenvalue weighted by atomic mass is 19.1. The second-order valence-electron chi connectivity index (χ2n) is 3.46. The number of benzene rings is 1. The largest absolute Gasteiger partial charge is 0.298 e. The Kier molecular flexibility index (Phi) is 3.05. The molecule has 0 aliphatic rings. The molecule has 2 aromatic rings. The molecule has 0 aliphatic carbocycles. The predicted molar refractivity (Wildman–Crippen MR) is 58.8 cm³/mol. The van der Waals surface area contributed by atoms with Gasteiger partial charge in [0, 0.05) is 18.2 Å². The number of carbonyl (C=O) groups is 1. The maximum atomic E-state index is 12.7. The summed E-state index contributed by atoms with van der Waals surface area (Å²) in [5.41, 5.74) is 2.22. The number of hydrogen-bond donors (Lipinski definition) is 0. The lowest BCUT2D eigenvalue weighted by Gasteiger charge is -2.03. The molecule has 1 aromatic heterocycles. The summed E-state index contributed by atoms with van der Waals surface area (Å²) in [6, 6.07) is 9.63. The fraction of sp³-hybridized carbons (Fsp3) is 0.0769. The third-order valence-corrected chi connectivity index (χ3v) is 2.34. The Morgan fingerprint density at radius 2 is 1.94 bits per heavy atom. The van der Waals surface area contributed by atoms with Gasteiger partial charge in [0.25, 0.3) is 0 Å². The van der Waals surface area contributed by atoms with Gasteiger partial charge in [-0.3, -0.25) is 9.78 Å². The summed E-state index contributed by atoms with van der Waals surface area (Å²) in [6.45, 7) is 0. The van der Waals surface area contributed by atoms with Crippen LogP contribution in [0.2, 0.25) is 0 Å². The van der Waals surface area contributed by atoms with Crippen LogP contribution in [0.5, 0.6) is 0 Å². The molecule has 1 aromatic carbocycles. The summed E-state index contributed by atoms with van der Waals surface area (Å²) in [6.07, 6.45) is 2.97. The van der Waals surface area contributed by atoms with Crippen LogP contribution in [0.15, 0.2) is 42.6 Å². The van der Waals surface area contributed by atoms with E-state index in [-0.39, 0.29) is 5.82 Å². The fourth-order valence-electron chi connectivity index (χ4n) is 1.50. The van der Waals surface area contributed by atoms with Gasteiger partial charge in [-0.1, -0.05) is 12.1 Å². The normalized spacial score (nSPS) is 10.1. The third-order valence-electron chi connectivity index (χ3n) is 2.34. The van der Waals surface area contributed by atoms with Crippen molar-refractivity contribution in [2.45, 2.75) is 6.42 Å². The second kappa shape index (κ2) is 4.66. The maximum absolute atomic E-state index is 12.7. The van der Waals surface area contributed by atoms with Crippen LogP contribution in [0.3, 0.4) is 0 Å². The summed E-state index contributed by atoms with van der Waals surface area (Å²) in [7, 11) is 0. The van der Waals surface area contributed by atoms with Crippen molar-refractivity contribution in [2.24, 2.45) is 0 Å². The van der Waals surface area contributed by atoms with Crippen molar-refractivity contribution in [3.05, 3.63) is 65.2 Å². The lowest BCUT2D eigenvalue weighted by Crippen LogP contribution is -1.97. The highest BCUT2D eigenvalue weighted by molar-refractivity contribution is 5.76. The molecule has 0 unspecified atom stereocenters. The Hall–Kier alpha value is -2.03. The fourth-order valence-corrected chi connectivity index (χ4v) is 1.50. The Bertz CT molecular complexity index is 494. The molecular weight excluding hydrogens is 205 g/mol. The molecule has 0 radical (unpaired) electrons. The number of nitrogens with zero attached hydrogens (tertiary/aromatic N) is 1. The van der Waals surface area contributed by atoms with Crippen LogP contribution in [0.25, 0.3) is 0 Å². The number of rotatable bonds is 3. The zero-order chi connectivity index (χ0) is 11.4. The molecule has 16 heavy (non-hydrogen) atoms. The summed E-state index contributed by atoms with van der Waals surface area (Å²) in [5.74, 6) is -0.264. The molecule has 2 rings (SSSR count). The molecule has 0 fully saturated rings. The van der Waals surface area contributed by atoms with E-state index < -0.39 is 0 Å². The van der Waals surface area contributed by atoms with Crippen LogP contribution in [0, 0.1) is 5.82 Å². The highest BCUT2D eigenvalue weighted by Gasteiger charge is 2.03. The average Bonchev–Trinajstić information content (AvgIpc) is 2.33. The van der Waals surface area contributed by atoms with Gasteiger partial charge in [0.1, 0.15) is 5.82 Å². The second-order valence-corrected chi connectivity index (χ2v) is 3.46. The zero-order valence-electron chi connectivity index (χ0n) is 8.56.